The Balaban J connectivity index is 1.30. The molecule has 0 atom stereocenters. The molecule has 2 N–H and O–H groups in total. The van der Waals surface area contributed by atoms with Crippen molar-refractivity contribution in [2.45, 2.75) is 19.4 Å². The van der Waals surface area contributed by atoms with Crippen LogP contribution in [-0.4, -0.2) is 31.4 Å². The number of carboxylic acids is 1. The zero-order valence-corrected chi connectivity index (χ0v) is 20.0. The monoisotopic (exact) mass is 519 g/mol. The van der Waals surface area contributed by atoms with Crippen LogP contribution in [0.5, 0.6) is 0 Å². The number of nitrogens with zero attached hydrogens (tertiary/aromatic N) is 2. The molecule has 0 aliphatic rings. The highest BCUT2D eigenvalue weighted by atomic mass is 32.1. The summed E-state index contributed by atoms with van der Waals surface area (Å²) in [6, 6.07) is 11.8. The highest BCUT2D eigenvalue weighted by Gasteiger charge is 2.16. The number of carboxylic acid groups (broad SMARTS) is 1. The normalized spacial score (nSPS) is 11.2. The van der Waals surface area contributed by atoms with Gasteiger partial charge < -0.3 is 14.7 Å². The van der Waals surface area contributed by atoms with Gasteiger partial charge in [0.1, 0.15) is 5.65 Å². The molecule has 1 aromatic carbocycles. The molecule has 0 fully saturated rings. The second kappa shape index (κ2) is 9.90. The van der Waals surface area contributed by atoms with Crippen molar-refractivity contribution in [3.63, 3.8) is 0 Å². The van der Waals surface area contributed by atoms with Crippen molar-refractivity contribution in [3.05, 3.63) is 111 Å². The second-order valence-electron chi connectivity index (χ2n) is 8.42. The molecule has 7 nitrogen and oxygen atoms in total. The maximum absolute atomic E-state index is 13.5. The van der Waals surface area contributed by atoms with Gasteiger partial charge in [-0.3, -0.25) is 9.59 Å². The van der Waals surface area contributed by atoms with Gasteiger partial charge in [0.05, 0.1) is 17.7 Å². The Morgan fingerprint density at radius 1 is 1.08 bits per heavy atom. The standard InChI is InChI=1S/C27H19F2N3O4S/c28-21-6-3-15(10-22(21)29)14-32-9-1-2-18(26(32)34)23(33)7-4-17-5-8-24(37-17)20-13-31-25-19(20)11-16(12-30-25)27(35)36/h1-3,5-6,8-13H,4,7,14H2,(H,30,31)(H,35,36). The van der Waals surface area contributed by atoms with Crippen LogP contribution in [0.4, 0.5) is 8.78 Å². The number of hydrogen-bond donors (Lipinski definition) is 2. The molecule has 10 heteroatoms. The summed E-state index contributed by atoms with van der Waals surface area (Å²) >= 11 is 1.47. The number of pyridine rings is 2. The molecule has 5 rings (SSSR count). The SMILES string of the molecule is O=C(O)c1cnc2[nH]cc(-c3ccc(CCC(=O)c4cccn(Cc5ccc(F)c(F)c5)c4=O)s3)c2c1. The maximum atomic E-state index is 13.5. The predicted molar refractivity (Wildman–Crippen MR) is 135 cm³/mol. The number of thiophene rings is 1. The van der Waals surface area contributed by atoms with E-state index in [9.17, 15) is 28.3 Å². The lowest BCUT2D eigenvalue weighted by atomic mass is 10.1. The summed E-state index contributed by atoms with van der Waals surface area (Å²) in [5.41, 5.74) is 1.43. The minimum Gasteiger partial charge on any atom is -0.478 e. The van der Waals surface area contributed by atoms with E-state index in [1.54, 1.807) is 18.3 Å². The summed E-state index contributed by atoms with van der Waals surface area (Å²) in [5.74, 6) is -3.35. The third kappa shape index (κ3) is 4.96. The number of fused-ring (bicyclic) bond motifs is 1. The number of rotatable bonds is 8. The molecular formula is C27H19F2N3O4S. The van der Waals surface area contributed by atoms with E-state index in [4.69, 9.17) is 0 Å². The van der Waals surface area contributed by atoms with Crippen molar-refractivity contribution in [2.24, 2.45) is 0 Å². The van der Waals surface area contributed by atoms with Crippen LogP contribution < -0.4 is 5.56 Å². The Hall–Kier alpha value is -4.44. The molecule has 0 radical (unpaired) electrons. The first-order chi connectivity index (χ1) is 17.8. The first-order valence-corrected chi connectivity index (χ1v) is 12.1. The molecule has 0 aliphatic heterocycles. The number of H-pyrrole nitrogens is 1. The predicted octanol–water partition coefficient (Wildman–Crippen LogP) is 5.29. The smallest absolute Gasteiger partial charge is 0.337 e. The van der Waals surface area contributed by atoms with Crippen LogP contribution in [0.25, 0.3) is 21.5 Å². The van der Waals surface area contributed by atoms with E-state index < -0.39 is 23.2 Å². The van der Waals surface area contributed by atoms with Gasteiger partial charge in [-0.15, -0.1) is 11.3 Å². The Labute approximate surface area is 212 Å². The van der Waals surface area contributed by atoms with E-state index >= 15 is 0 Å². The van der Waals surface area contributed by atoms with Gasteiger partial charge in [-0.1, -0.05) is 6.07 Å². The van der Waals surface area contributed by atoms with Crippen molar-refractivity contribution in [1.82, 2.24) is 14.5 Å². The summed E-state index contributed by atoms with van der Waals surface area (Å²) in [6.07, 6.45) is 5.10. The van der Waals surface area contributed by atoms with E-state index in [-0.39, 0.29) is 29.9 Å². The van der Waals surface area contributed by atoms with Gasteiger partial charge in [0.25, 0.3) is 5.56 Å². The first-order valence-electron chi connectivity index (χ1n) is 11.3. The number of hydrogen-bond acceptors (Lipinski definition) is 5. The molecule has 0 saturated carbocycles. The fraction of sp³-hybridized carbons (Fsp3) is 0.111. The van der Waals surface area contributed by atoms with E-state index in [0.717, 1.165) is 27.5 Å². The third-order valence-corrected chi connectivity index (χ3v) is 7.14. The first kappa shape index (κ1) is 24.3. The Morgan fingerprint density at radius 3 is 2.70 bits per heavy atom. The molecule has 0 spiro atoms. The minimum absolute atomic E-state index is 0.00844. The number of benzene rings is 1. The number of carbonyl (C=O) groups excluding carboxylic acids is 1. The molecule has 0 unspecified atom stereocenters. The zero-order chi connectivity index (χ0) is 26.1. The number of halogens is 2. The van der Waals surface area contributed by atoms with Crippen LogP contribution in [0, 0.1) is 11.6 Å². The Morgan fingerprint density at radius 2 is 1.92 bits per heavy atom. The highest BCUT2D eigenvalue weighted by Crippen LogP contribution is 2.34. The van der Waals surface area contributed by atoms with Crippen LogP contribution in [0.15, 0.2) is 71.9 Å². The van der Waals surface area contributed by atoms with Crippen molar-refractivity contribution < 1.29 is 23.5 Å². The third-order valence-electron chi connectivity index (χ3n) is 5.96. The van der Waals surface area contributed by atoms with Gasteiger partial charge in [-0.25, -0.2) is 18.6 Å². The molecule has 186 valence electrons. The van der Waals surface area contributed by atoms with Crippen molar-refractivity contribution in [2.75, 3.05) is 0 Å². The average molecular weight is 520 g/mol. The van der Waals surface area contributed by atoms with Crippen LogP contribution in [0.1, 0.15) is 37.6 Å². The zero-order valence-electron chi connectivity index (χ0n) is 19.2. The molecule has 0 bridgehead atoms. The highest BCUT2D eigenvalue weighted by molar-refractivity contribution is 7.15. The maximum Gasteiger partial charge on any atom is 0.337 e. The van der Waals surface area contributed by atoms with Crippen LogP contribution in [0.3, 0.4) is 0 Å². The lowest BCUT2D eigenvalue weighted by molar-refractivity contribution is 0.0696. The number of Topliss-reactive ketones (excluding diaryl/α,β-unsaturated/α-hetero) is 1. The quantitative estimate of drug-likeness (QED) is 0.271. The molecule has 0 saturated heterocycles. The summed E-state index contributed by atoms with van der Waals surface area (Å²) < 4.78 is 28.0. The average Bonchev–Trinajstić information content (AvgIpc) is 3.52. The number of aryl methyl sites for hydroxylation is 1. The number of nitrogens with one attached hydrogen (secondary N) is 1. The number of aromatic amines is 1. The largest absolute Gasteiger partial charge is 0.478 e. The van der Waals surface area contributed by atoms with Gasteiger partial charge in [0.15, 0.2) is 17.4 Å². The molecule has 0 amide bonds. The molecule has 4 heterocycles. The molecule has 4 aromatic heterocycles. The minimum atomic E-state index is -1.06. The number of ketones is 1. The van der Waals surface area contributed by atoms with Crippen LogP contribution in [0.2, 0.25) is 0 Å². The molecule has 0 aliphatic carbocycles. The lowest BCUT2D eigenvalue weighted by Gasteiger charge is -2.08. The Kier molecular flexibility index (Phi) is 6.49. The molecule has 37 heavy (non-hydrogen) atoms. The Bertz CT molecular complexity index is 1720. The van der Waals surface area contributed by atoms with Gasteiger partial charge >= 0.3 is 5.97 Å². The number of carbonyl (C=O) groups is 2. The van der Waals surface area contributed by atoms with Crippen LogP contribution >= 0.6 is 11.3 Å². The van der Waals surface area contributed by atoms with E-state index in [1.165, 1.54) is 40.4 Å². The van der Waals surface area contributed by atoms with Crippen LogP contribution in [-0.2, 0) is 13.0 Å². The van der Waals surface area contributed by atoms with Gasteiger partial charge in [0.2, 0.25) is 0 Å². The summed E-state index contributed by atoms with van der Waals surface area (Å²) in [7, 11) is 0. The van der Waals surface area contributed by atoms with E-state index in [2.05, 4.69) is 9.97 Å². The summed E-state index contributed by atoms with van der Waals surface area (Å²) in [5, 5.41) is 9.95. The van der Waals surface area contributed by atoms with Gasteiger partial charge in [-0.05, 0) is 54.4 Å². The molecular weight excluding hydrogens is 500 g/mol. The van der Waals surface area contributed by atoms with Crippen molar-refractivity contribution >= 4 is 34.1 Å². The van der Waals surface area contributed by atoms with Crippen molar-refractivity contribution in [1.29, 1.82) is 0 Å². The summed E-state index contributed by atoms with van der Waals surface area (Å²) in [4.78, 5) is 46.1. The topological polar surface area (TPSA) is 105 Å². The molecule has 5 aromatic rings. The second-order valence-corrected chi connectivity index (χ2v) is 9.59. The van der Waals surface area contributed by atoms with Crippen molar-refractivity contribution in [3.8, 4) is 10.4 Å². The van der Waals surface area contributed by atoms with Gasteiger partial charge in [0, 0.05) is 45.7 Å². The number of aromatic nitrogens is 3. The van der Waals surface area contributed by atoms with E-state index in [0.29, 0.717) is 23.0 Å². The van der Waals surface area contributed by atoms with E-state index in [1.807, 2.05) is 12.1 Å². The summed E-state index contributed by atoms with van der Waals surface area (Å²) in [6.45, 7) is 0.00844. The number of aromatic carboxylic acids is 1. The lowest BCUT2D eigenvalue weighted by Crippen LogP contribution is -2.26. The fourth-order valence-electron chi connectivity index (χ4n) is 4.06. The van der Waals surface area contributed by atoms with Gasteiger partial charge in [-0.2, -0.15) is 0 Å². The fourth-order valence-corrected chi connectivity index (χ4v) is 5.10.